The Labute approximate surface area is 160 Å². The lowest BCUT2D eigenvalue weighted by atomic mass is 9.87. The summed E-state index contributed by atoms with van der Waals surface area (Å²) in [7, 11) is 0. The van der Waals surface area contributed by atoms with Crippen molar-refractivity contribution in [3.63, 3.8) is 0 Å². The lowest BCUT2D eigenvalue weighted by Gasteiger charge is -2.19. The van der Waals surface area contributed by atoms with Crippen molar-refractivity contribution in [2.45, 2.75) is 45.6 Å². The molecule has 0 aliphatic rings. The summed E-state index contributed by atoms with van der Waals surface area (Å²) in [6.07, 6.45) is 4.46. The molecule has 5 nitrogen and oxygen atoms in total. The molecule has 0 saturated carbocycles. The summed E-state index contributed by atoms with van der Waals surface area (Å²) in [6, 6.07) is 16.1. The molecule has 0 aliphatic carbocycles. The van der Waals surface area contributed by atoms with Crippen molar-refractivity contribution >= 4 is 11.7 Å². The van der Waals surface area contributed by atoms with Gasteiger partial charge in [-0.2, -0.15) is 5.10 Å². The zero-order valence-electron chi connectivity index (χ0n) is 16.1. The maximum absolute atomic E-state index is 12.3. The van der Waals surface area contributed by atoms with Crippen LogP contribution in [0.4, 0.5) is 5.82 Å². The zero-order chi connectivity index (χ0) is 19.3. The standard InChI is InChI=1S/C22H26N4O/c1-22(2,3)18-9-7-17(8-10-18)16-26-20(13-15-24-26)25-21(27)12-11-19-6-4-5-14-23-19/h4-10,13-15H,11-12,16H2,1-3H3,(H,25,27). The van der Waals surface area contributed by atoms with Crippen LogP contribution in [0.15, 0.2) is 60.9 Å². The number of nitrogens with one attached hydrogen (secondary N) is 1. The molecule has 2 aromatic heterocycles. The average Bonchev–Trinajstić information content (AvgIpc) is 3.07. The number of hydrogen-bond acceptors (Lipinski definition) is 3. The molecule has 3 aromatic rings. The van der Waals surface area contributed by atoms with Gasteiger partial charge in [-0.15, -0.1) is 0 Å². The third-order valence-corrected chi connectivity index (χ3v) is 4.47. The normalized spacial score (nSPS) is 11.4. The molecule has 0 atom stereocenters. The van der Waals surface area contributed by atoms with E-state index < -0.39 is 0 Å². The van der Waals surface area contributed by atoms with Gasteiger partial charge in [0.2, 0.25) is 5.91 Å². The number of aryl methyl sites for hydroxylation is 1. The van der Waals surface area contributed by atoms with E-state index in [1.807, 2.05) is 28.9 Å². The van der Waals surface area contributed by atoms with Crippen LogP contribution in [0.5, 0.6) is 0 Å². The van der Waals surface area contributed by atoms with Gasteiger partial charge in [0.15, 0.2) is 0 Å². The number of amides is 1. The van der Waals surface area contributed by atoms with Crippen LogP contribution in [-0.2, 0) is 23.2 Å². The van der Waals surface area contributed by atoms with E-state index in [0.29, 0.717) is 25.2 Å². The number of pyridine rings is 1. The Kier molecular flexibility index (Phi) is 5.69. The van der Waals surface area contributed by atoms with E-state index in [2.05, 4.69) is 60.4 Å². The summed E-state index contributed by atoms with van der Waals surface area (Å²) in [5, 5.41) is 7.29. The molecule has 0 bridgehead atoms. The number of rotatable bonds is 6. The second-order valence-electron chi connectivity index (χ2n) is 7.69. The lowest BCUT2D eigenvalue weighted by molar-refractivity contribution is -0.116. The zero-order valence-corrected chi connectivity index (χ0v) is 16.1. The van der Waals surface area contributed by atoms with Gasteiger partial charge in [0.05, 0.1) is 12.7 Å². The first-order valence-corrected chi connectivity index (χ1v) is 9.23. The summed E-state index contributed by atoms with van der Waals surface area (Å²) in [4.78, 5) is 16.5. The molecular weight excluding hydrogens is 336 g/mol. The minimum Gasteiger partial charge on any atom is -0.311 e. The van der Waals surface area contributed by atoms with E-state index >= 15 is 0 Å². The Morgan fingerprint density at radius 3 is 2.48 bits per heavy atom. The van der Waals surface area contributed by atoms with Crippen LogP contribution < -0.4 is 5.32 Å². The lowest BCUT2D eigenvalue weighted by Crippen LogP contribution is -2.17. The molecule has 0 fully saturated rings. The van der Waals surface area contributed by atoms with Crippen molar-refractivity contribution in [3.8, 4) is 0 Å². The highest BCUT2D eigenvalue weighted by atomic mass is 16.1. The molecule has 5 heteroatoms. The molecule has 0 radical (unpaired) electrons. The molecule has 1 N–H and O–H groups in total. The smallest absolute Gasteiger partial charge is 0.225 e. The van der Waals surface area contributed by atoms with Crippen LogP contribution in [0, 0.1) is 0 Å². The Morgan fingerprint density at radius 1 is 1.04 bits per heavy atom. The molecule has 0 spiro atoms. The highest BCUT2D eigenvalue weighted by Gasteiger charge is 2.13. The minimum atomic E-state index is -0.0366. The van der Waals surface area contributed by atoms with Crippen molar-refractivity contribution in [3.05, 3.63) is 77.7 Å². The van der Waals surface area contributed by atoms with Crippen molar-refractivity contribution < 1.29 is 4.79 Å². The molecule has 0 unspecified atom stereocenters. The third-order valence-electron chi connectivity index (χ3n) is 4.47. The van der Waals surface area contributed by atoms with Gasteiger partial charge in [0, 0.05) is 24.4 Å². The van der Waals surface area contributed by atoms with E-state index in [4.69, 9.17) is 0 Å². The van der Waals surface area contributed by atoms with E-state index in [0.717, 1.165) is 11.3 Å². The fourth-order valence-electron chi connectivity index (χ4n) is 2.84. The van der Waals surface area contributed by atoms with E-state index in [1.165, 1.54) is 5.56 Å². The molecule has 1 amide bonds. The minimum absolute atomic E-state index is 0.0366. The molecule has 0 saturated heterocycles. The van der Waals surface area contributed by atoms with Crippen LogP contribution in [0.2, 0.25) is 0 Å². The van der Waals surface area contributed by atoms with Crippen LogP contribution in [-0.4, -0.2) is 20.7 Å². The molecule has 0 aliphatic heterocycles. The van der Waals surface area contributed by atoms with Crippen LogP contribution in [0.25, 0.3) is 0 Å². The van der Waals surface area contributed by atoms with E-state index in [-0.39, 0.29) is 11.3 Å². The van der Waals surface area contributed by atoms with Gasteiger partial charge < -0.3 is 5.32 Å². The number of carbonyl (C=O) groups is 1. The Morgan fingerprint density at radius 2 is 1.81 bits per heavy atom. The van der Waals surface area contributed by atoms with Gasteiger partial charge in [-0.05, 0) is 35.1 Å². The predicted octanol–water partition coefficient (Wildman–Crippen LogP) is 4.20. The van der Waals surface area contributed by atoms with Gasteiger partial charge in [0.25, 0.3) is 0 Å². The monoisotopic (exact) mass is 362 g/mol. The van der Waals surface area contributed by atoms with E-state index in [1.54, 1.807) is 12.4 Å². The summed E-state index contributed by atoms with van der Waals surface area (Å²) >= 11 is 0. The summed E-state index contributed by atoms with van der Waals surface area (Å²) < 4.78 is 1.81. The fraction of sp³-hybridized carbons (Fsp3) is 0.318. The number of aromatic nitrogens is 3. The molecule has 140 valence electrons. The SMILES string of the molecule is CC(C)(C)c1ccc(Cn2nccc2NC(=O)CCc2ccccn2)cc1. The molecule has 2 heterocycles. The summed E-state index contributed by atoms with van der Waals surface area (Å²) in [5.74, 6) is 0.673. The van der Waals surface area contributed by atoms with Gasteiger partial charge in [-0.3, -0.25) is 9.78 Å². The van der Waals surface area contributed by atoms with Crippen LogP contribution in [0.1, 0.15) is 44.0 Å². The third kappa shape index (κ3) is 5.26. The van der Waals surface area contributed by atoms with Gasteiger partial charge >= 0.3 is 0 Å². The molecule has 1 aromatic carbocycles. The van der Waals surface area contributed by atoms with Crippen molar-refractivity contribution in [1.82, 2.24) is 14.8 Å². The van der Waals surface area contributed by atoms with Crippen LogP contribution in [0.3, 0.4) is 0 Å². The number of nitrogens with zero attached hydrogens (tertiary/aromatic N) is 3. The maximum Gasteiger partial charge on any atom is 0.225 e. The first kappa shape index (κ1) is 18.8. The quantitative estimate of drug-likeness (QED) is 0.715. The Hall–Kier alpha value is -2.95. The Bertz CT molecular complexity index is 877. The highest BCUT2D eigenvalue weighted by Crippen LogP contribution is 2.22. The number of anilines is 1. The summed E-state index contributed by atoms with van der Waals surface area (Å²) in [6.45, 7) is 7.23. The van der Waals surface area contributed by atoms with Gasteiger partial charge in [-0.25, -0.2) is 4.68 Å². The first-order valence-electron chi connectivity index (χ1n) is 9.23. The number of carbonyl (C=O) groups excluding carboxylic acids is 1. The van der Waals surface area contributed by atoms with Crippen molar-refractivity contribution in [1.29, 1.82) is 0 Å². The second kappa shape index (κ2) is 8.16. The van der Waals surface area contributed by atoms with Gasteiger partial charge in [-0.1, -0.05) is 51.1 Å². The molecular formula is C22H26N4O. The predicted molar refractivity (Wildman–Crippen MR) is 108 cm³/mol. The Balaban J connectivity index is 1.59. The largest absolute Gasteiger partial charge is 0.311 e. The molecule has 27 heavy (non-hydrogen) atoms. The number of benzene rings is 1. The van der Waals surface area contributed by atoms with Crippen molar-refractivity contribution in [2.24, 2.45) is 0 Å². The molecule has 3 rings (SSSR count). The van der Waals surface area contributed by atoms with Gasteiger partial charge in [0.1, 0.15) is 5.82 Å². The topological polar surface area (TPSA) is 59.8 Å². The number of hydrogen-bond donors (Lipinski definition) is 1. The van der Waals surface area contributed by atoms with E-state index in [9.17, 15) is 4.79 Å². The maximum atomic E-state index is 12.3. The summed E-state index contributed by atoms with van der Waals surface area (Å²) in [5.41, 5.74) is 3.50. The fourth-order valence-corrected chi connectivity index (χ4v) is 2.84. The first-order chi connectivity index (χ1) is 12.9. The highest BCUT2D eigenvalue weighted by molar-refractivity contribution is 5.89. The van der Waals surface area contributed by atoms with Crippen molar-refractivity contribution in [2.75, 3.05) is 5.32 Å². The van der Waals surface area contributed by atoms with Crippen LogP contribution >= 0.6 is 0 Å². The average molecular weight is 362 g/mol. The second-order valence-corrected chi connectivity index (χ2v) is 7.69.